The molecule has 0 aliphatic carbocycles. The summed E-state index contributed by atoms with van der Waals surface area (Å²) in [5.41, 5.74) is 0.507. The minimum atomic E-state index is -4.80. The first-order valence-corrected chi connectivity index (χ1v) is 9.33. The number of aryl methyl sites for hydroxylation is 1. The Balaban J connectivity index is 2.19. The number of hydrogen-bond donors (Lipinski definition) is 0. The summed E-state index contributed by atoms with van der Waals surface area (Å²) in [6.07, 6.45) is -2.76. The summed E-state index contributed by atoms with van der Waals surface area (Å²) in [6, 6.07) is 6.15. The summed E-state index contributed by atoms with van der Waals surface area (Å²) in [5.74, 6) is -2.08. The Morgan fingerprint density at radius 1 is 1.11 bits per heavy atom. The standard InChI is InChI=1S/C16H12F4N4O2S/c1-9-7-10(3-5-12(9)17)14-22-15(16(18,19)20)23-24(14)11-4-6-13(21-8-11)27(2,25)26/h3-8H,1-2H3. The van der Waals surface area contributed by atoms with E-state index in [-0.39, 0.29) is 27.7 Å². The van der Waals surface area contributed by atoms with Crippen LogP contribution in [0.4, 0.5) is 17.6 Å². The van der Waals surface area contributed by atoms with Crippen molar-refractivity contribution in [3.05, 3.63) is 53.7 Å². The summed E-state index contributed by atoms with van der Waals surface area (Å²) in [4.78, 5) is 7.27. The fourth-order valence-electron chi connectivity index (χ4n) is 2.30. The second-order valence-corrected chi connectivity index (χ2v) is 7.72. The average molecular weight is 400 g/mol. The van der Waals surface area contributed by atoms with E-state index in [0.717, 1.165) is 29.3 Å². The highest BCUT2D eigenvalue weighted by atomic mass is 32.2. The molecule has 0 saturated heterocycles. The van der Waals surface area contributed by atoms with Crippen LogP contribution in [0, 0.1) is 12.7 Å². The molecule has 0 atom stereocenters. The number of alkyl halides is 3. The number of sulfone groups is 1. The van der Waals surface area contributed by atoms with Gasteiger partial charge in [0.2, 0.25) is 0 Å². The van der Waals surface area contributed by atoms with Gasteiger partial charge in [0.25, 0.3) is 5.82 Å². The third-order valence-corrected chi connectivity index (χ3v) is 4.62. The minimum absolute atomic E-state index is 0.0716. The lowest BCUT2D eigenvalue weighted by atomic mass is 10.1. The molecule has 0 bridgehead atoms. The number of halogens is 4. The molecule has 3 aromatic rings. The highest BCUT2D eigenvalue weighted by molar-refractivity contribution is 7.90. The van der Waals surface area contributed by atoms with Crippen molar-refractivity contribution in [1.82, 2.24) is 19.7 Å². The summed E-state index contributed by atoms with van der Waals surface area (Å²) in [6.45, 7) is 1.46. The molecule has 0 spiro atoms. The summed E-state index contributed by atoms with van der Waals surface area (Å²) < 4.78 is 76.6. The number of hydrogen-bond acceptors (Lipinski definition) is 5. The zero-order valence-electron chi connectivity index (χ0n) is 14.0. The first-order chi connectivity index (χ1) is 12.5. The van der Waals surface area contributed by atoms with Crippen LogP contribution in [0.5, 0.6) is 0 Å². The third-order valence-electron chi connectivity index (χ3n) is 3.62. The SMILES string of the molecule is Cc1cc(-c2nc(C(F)(F)F)nn2-c2ccc(S(C)(=O)=O)nc2)ccc1F. The lowest BCUT2D eigenvalue weighted by Crippen LogP contribution is -2.09. The second kappa shape index (κ2) is 6.41. The molecule has 0 aliphatic rings. The van der Waals surface area contributed by atoms with Crippen molar-refractivity contribution in [1.29, 1.82) is 0 Å². The molecular formula is C16H12F4N4O2S. The van der Waals surface area contributed by atoms with Gasteiger partial charge in [-0.2, -0.15) is 13.2 Å². The van der Waals surface area contributed by atoms with Crippen molar-refractivity contribution in [3.63, 3.8) is 0 Å². The molecule has 142 valence electrons. The fraction of sp³-hybridized carbons (Fsp3) is 0.188. The number of nitrogens with zero attached hydrogens (tertiary/aromatic N) is 4. The summed E-state index contributed by atoms with van der Waals surface area (Å²) in [5, 5.41) is 3.23. The van der Waals surface area contributed by atoms with Gasteiger partial charge in [0.15, 0.2) is 20.7 Å². The van der Waals surface area contributed by atoms with Gasteiger partial charge in [-0.05, 0) is 42.8 Å². The second-order valence-electron chi connectivity index (χ2n) is 5.76. The van der Waals surface area contributed by atoms with Crippen LogP contribution in [0.15, 0.2) is 41.6 Å². The number of rotatable bonds is 3. The van der Waals surface area contributed by atoms with Gasteiger partial charge in [0, 0.05) is 11.8 Å². The van der Waals surface area contributed by atoms with Crippen molar-refractivity contribution in [2.24, 2.45) is 0 Å². The number of pyridine rings is 1. The van der Waals surface area contributed by atoms with Crippen LogP contribution < -0.4 is 0 Å². The molecule has 0 saturated carbocycles. The van der Waals surface area contributed by atoms with Gasteiger partial charge in [-0.15, -0.1) is 5.10 Å². The van der Waals surface area contributed by atoms with Gasteiger partial charge >= 0.3 is 6.18 Å². The molecule has 3 rings (SSSR count). The van der Waals surface area contributed by atoms with Crippen LogP contribution in [0.3, 0.4) is 0 Å². The molecule has 2 heterocycles. The van der Waals surface area contributed by atoms with Gasteiger partial charge < -0.3 is 0 Å². The first-order valence-electron chi connectivity index (χ1n) is 7.44. The maximum absolute atomic E-state index is 13.5. The van der Waals surface area contributed by atoms with Crippen molar-refractivity contribution in [2.75, 3.05) is 6.26 Å². The van der Waals surface area contributed by atoms with E-state index in [2.05, 4.69) is 15.1 Å². The third kappa shape index (κ3) is 3.82. The van der Waals surface area contributed by atoms with E-state index in [1.807, 2.05) is 0 Å². The molecule has 0 unspecified atom stereocenters. The quantitative estimate of drug-likeness (QED) is 0.631. The molecule has 0 N–H and O–H groups in total. The van der Waals surface area contributed by atoms with E-state index < -0.39 is 27.7 Å². The Labute approximate surface area is 151 Å². The van der Waals surface area contributed by atoms with E-state index in [9.17, 15) is 26.0 Å². The van der Waals surface area contributed by atoms with Crippen LogP contribution in [-0.4, -0.2) is 34.4 Å². The Hall–Kier alpha value is -2.82. The predicted molar refractivity (Wildman–Crippen MR) is 87.4 cm³/mol. The Morgan fingerprint density at radius 2 is 1.81 bits per heavy atom. The molecule has 1 aromatic carbocycles. The summed E-state index contributed by atoms with van der Waals surface area (Å²) in [7, 11) is -3.57. The maximum Gasteiger partial charge on any atom is 0.453 e. The normalized spacial score (nSPS) is 12.4. The lowest BCUT2D eigenvalue weighted by molar-refractivity contribution is -0.144. The van der Waals surface area contributed by atoms with Crippen LogP contribution in [0.2, 0.25) is 0 Å². The first kappa shape index (κ1) is 19.0. The molecule has 2 aromatic heterocycles. The molecule has 0 radical (unpaired) electrons. The highest BCUT2D eigenvalue weighted by Gasteiger charge is 2.37. The van der Waals surface area contributed by atoms with E-state index in [1.165, 1.54) is 25.1 Å². The Bertz CT molecular complexity index is 1110. The molecular weight excluding hydrogens is 388 g/mol. The topological polar surface area (TPSA) is 77.7 Å². The molecule has 0 amide bonds. The molecule has 27 heavy (non-hydrogen) atoms. The molecule has 11 heteroatoms. The fourth-order valence-corrected chi connectivity index (χ4v) is 2.86. The minimum Gasteiger partial charge on any atom is -0.242 e. The smallest absolute Gasteiger partial charge is 0.242 e. The number of aromatic nitrogens is 4. The highest BCUT2D eigenvalue weighted by Crippen LogP contribution is 2.31. The van der Waals surface area contributed by atoms with Gasteiger partial charge in [-0.25, -0.2) is 27.5 Å². The average Bonchev–Trinajstić information content (AvgIpc) is 3.02. The lowest BCUT2D eigenvalue weighted by Gasteiger charge is -2.07. The molecule has 6 nitrogen and oxygen atoms in total. The predicted octanol–water partition coefficient (Wildman–Crippen LogP) is 3.20. The van der Waals surface area contributed by atoms with Crippen molar-refractivity contribution < 1.29 is 26.0 Å². The van der Waals surface area contributed by atoms with Crippen LogP contribution in [-0.2, 0) is 16.0 Å². The van der Waals surface area contributed by atoms with Crippen molar-refractivity contribution in [3.8, 4) is 17.1 Å². The Kier molecular flexibility index (Phi) is 4.50. The van der Waals surface area contributed by atoms with Crippen LogP contribution >= 0.6 is 0 Å². The van der Waals surface area contributed by atoms with Crippen LogP contribution in [0.1, 0.15) is 11.4 Å². The Morgan fingerprint density at radius 3 is 2.33 bits per heavy atom. The molecule has 0 aliphatic heterocycles. The van der Waals surface area contributed by atoms with E-state index in [0.29, 0.717) is 0 Å². The van der Waals surface area contributed by atoms with Gasteiger partial charge in [-0.3, -0.25) is 0 Å². The van der Waals surface area contributed by atoms with E-state index in [1.54, 1.807) is 0 Å². The maximum atomic E-state index is 13.5. The monoisotopic (exact) mass is 400 g/mol. The van der Waals surface area contributed by atoms with Crippen LogP contribution in [0.25, 0.3) is 17.1 Å². The zero-order chi connectivity index (χ0) is 20.0. The summed E-state index contributed by atoms with van der Waals surface area (Å²) >= 11 is 0. The van der Waals surface area contributed by atoms with E-state index >= 15 is 0 Å². The van der Waals surface area contributed by atoms with Gasteiger partial charge in [0.1, 0.15) is 5.82 Å². The molecule has 0 fully saturated rings. The van der Waals surface area contributed by atoms with E-state index in [4.69, 9.17) is 0 Å². The van der Waals surface area contributed by atoms with Crippen molar-refractivity contribution >= 4 is 9.84 Å². The largest absolute Gasteiger partial charge is 0.453 e. The van der Waals surface area contributed by atoms with Crippen molar-refractivity contribution in [2.45, 2.75) is 18.1 Å². The van der Waals surface area contributed by atoms with Gasteiger partial charge in [-0.1, -0.05) is 0 Å². The number of benzene rings is 1. The zero-order valence-corrected chi connectivity index (χ0v) is 14.8. The van der Waals surface area contributed by atoms with Gasteiger partial charge in [0.05, 0.1) is 11.9 Å².